The van der Waals surface area contributed by atoms with Crippen LogP contribution in [0, 0.1) is 0 Å². The number of anilines is 3. The summed E-state index contributed by atoms with van der Waals surface area (Å²) in [4.78, 5) is 24.8. The number of amides is 3. The van der Waals surface area contributed by atoms with Gasteiger partial charge in [-0.2, -0.15) is 0 Å². The van der Waals surface area contributed by atoms with Crippen LogP contribution in [0.4, 0.5) is 21.9 Å². The zero-order valence-electron chi connectivity index (χ0n) is 17.1. The summed E-state index contributed by atoms with van der Waals surface area (Å²) in [5.41, 5.74) is 1.97. The Bertz CT molecular complexity index is 1170. The van der Waals surface area contributed by atoms with Gasteiger partial charge >= 0.3 is 6.03 Å². The van der Waals surface area contributed by atoms with Crippen LogP contribution in [0.3, 0.4) is 0 Å². The molecule has 0 atom stereocenters. The number of urea groups is 1. The van der Waals surface area contributed by atoms with E-state index in [1.807, 2.05) is 18.2 Å². The third kappa shape index (κ3) is 5.70. The lowest BCUT2D eigenvalue weighted by molar-refractivity contribution is 0.102. The molecule has 0 bridgehead atoms. The average Bonchev–Trinajstić information content (AvgIpc) is 2.74. The zero-order valence-corrected chi connectivity index (χ0v) is 17.9. The minimum absolute atomic E-state index is 0.176. The number of rotatable bonds is 6. The zero-order chi connectivity index (χ0) is 22.4. The van der Waals surface area contributed by atoms with Crippen LogP contribution in [-0.4, -0.2) is 25.6 Å². The number of hydrogen-bond acceptors (Lipinski definition) is 4. The standard InChI is InChI=1S/C23H23N3O4S/c1-16(2)31(29,30)21-13-11-17(12-14-21)22(27)24-19-9-6-10-20(15-19)26-23(28)25-18-7-4-3-5-8-18/h3-16H,1-2H3,(H,24,27)(H2,25,26,28). The molecule has 0 unspecified atom stereocenters. The molecule has 3 aromatic rings. The van der Waals surface area contributed by atoms with Crippen LogP contribution in [0.25, 0.3) is 0 Å². The first-order valence-electron chi connectivity index (χ1n) is 9.64. The minimum atomic E-state index is -3.40. The first kappa shape index (κ1) is 22.0. The quantitative estimate of drug-likeness (QED) is 0.517. The van der Waals surface area contributed by atoms with Crippen LogP contribution in [0.15, 0.2) is 83.8 Å². The highest BCUT2D eigenvalue weighted by molar-refractivity contribution is 7.92. The van der Waals surface area contributed by atoms with E-state index in [4.69, 9.17) is 0 Å². The van der Waals surface area contributed by atoms with E-state index in [2.05, 4.69) is 16.0 Å². The van der Waals surface area contributed by atoms with Crippen LogP contribution in [0.5, 0.6) is 0 Å². The Balaban J connectivity index is 1.65. The van der Waals surface area contributed by atoms with Crippen molar-refractivity contribution in [1.82, 2.24) is 0 Å². The van der Waals surface area contributed by atoms with E-state index in [1.54, 1.807) is 50.2 Å². The van der Waals surface area contributed by atoms with Crippen molar-refractivity contribution in [3.63, 3.8) is 0 Å². The fourth-order valence-corrected chi connectivity index (χ4v) is 3.82. The normalized spacial score (nSPS) is 11.1. The molecule has 0 aliphatic heterocycles. The van der Waals surface area contributed by atoms with Crippen molar-refractivity contribution >= 4 is 38.8 Å². The summed E-state index contributed by atoms with van der Waals surface area (Å²) in [6.45, 7) is 3.22. The molecule has 0 aliphatic rings. The van der Waals surface area contributed by atoms with Gasteiger partial charge in [-0.3, -0.25) is 4.79 Å². The number of benzene rings is 3. The number of hydrogen-bond donors (Lipinski definition) is 3. The van der Waals surface area contributed by atoms with Gasteiger partial charge in [0.2, 0.25) is 0 Å². The van der Waals surface area contributed by atoms with E-state index in [0.717, 1.165) is 0 Å². The van der Waals surface area contributed by atoms with Crippen molar-refractivity contribution in [2.75, 3.05) is 16.0 Å². The fourth-order valence-electron chi connectivity index (χ4n) is 2.76. The maximum absolute atomic E-state index is 12.5. The summed E-state index contributed by atoms with van der Waals surface area (Å²) >= 11 is 0. The van der Waals surface area contributed by atoms with Crippen molar-refractivity contribution in [3.05, 3.63) is 84.4 Å². The molecule has 160 valence electrons. The lowest BCUT2D eigenvalue weighted by Gasteiger charge is -2.11. The molecule has 0 saturated heterocycles. The van der Waals surface area contributed by atoms with E-state index >= 15 is 0 Å². The van der Waals surface area contributed by atoms with Crippen LogP contribution in [-0.2, 0) is 9.84 Å². The predicted molar refractivity (Wildman–Crippen MR) is 122 cm³/mol. The maximum atomic E-state index is 12.5. The molecule has 0 radical (unpaired) electrons. The Labute approximate surface area is 181 Å². The Morgan fingerprint density at radius 1 is 0.710 bits per heavy atom. The van der Waals surface area contributed by atoms with Crippen molar-refractivity contribution in [3.8, 4) is 0 Å². The van der Waals surface area contributed by atoms with Gasteiger partial charge in [-0.25, -0.2) is 13.2 Å². The molecule has 31 heavy (non-hydrogen) atoms. The molecule has 8 heteroatoms. The molecular formula is C23H23N3O4S. The van der Waals surface area contributed by atoms with E-state index in [1.165, 1.54) is 24.3 Å². The van der Waals surface area contributed by atoms with Gasteiger partial charge in [0.05, 0.1) is 10.1 Å². The van der Waals surface area contributed by atoms with E-state index in [9.17, 15) is 18.0 Å². The molecule has 0 heterocycles. The highest BCUT2D eigenvalue weighted by Crippen LogP contribution is 2.19. The second-order valence-electron chi connectivity index (χ2n) is 7.10. The van der Waals surface area contributed by atoms with Gasteiger partial charge < -0.3 is 16.0 Å². The number of carbonyl (C=O) groups is 2. The summed E-state index contributed by atoms with van der Waals surface area (Å²) in [7, 11) is -3.40. The van der Waals surface area contributed by atoms with Crippen molar-refractivity contribution in [2.24, 2.45) is 0 Å². The second kappa shape index (κ2) is 9.44. The molecule has 3 aromatic carbocycles. The van der Waals surface area contributed by atoms with Gasteiger partial charge in [-0.05, 0) is 68.4 Å². The van der Waals surface area contributed by atoms with Crippen molar-refractivity contribution in [2.45, 2.75) is 24.0 Å². The van der Waals surface area contributed by atoms with E-state index in [0.29, 0.717) is 22.6 Å². The Morgan fingerprint density at radius 2 is 1.26 bits per heavy atom. The highest BCUT2D eigenvalue weighted by Gasteiger charge is 2.19. The van der Waals surface area contributed by atoms with Crippen molar-refractivity contribution < 1.29 is 18.0 Å². The number of para-hydroxylation sites is 1. The van der Waals surface area contributed by atoms with Gasteiger partial charge in [0.15, 0.2) is 9.84 Å². The molecule has 0 saturated carbocycles. The first-order valence-corrected chi connectivity index (χ1v) is 11.2. The molecule has 3 amide bonds. The summed E-state index contributed by atoms with van der Waals surface area (Å²) in [6.07, 6.45) is 0. The molecule has 0 aromatic heterocycles. The first-order chi connectivity index (χ1) is 14.8. The van der Waals surface area contributed by atoms with Crippen molar-refractivity contribution in [1.29, 1.82) is 0 Å². The topological polar surface area (TPSA) is 104 Å². The smallest absolute Gasteiger partial charge is 0.322 e. The molecule has 3 N–H and O–H groups in total. The molecule has 0 aliphatic carbocycles. The Hall–Kier alpha value is -3.65. The summed E-state index contributed by atoms with van der Waals surface area (Å²) in [6, 6.07) is 21.1. The average molecular weight is 438 g/mol. The van der Waals surface area contributed by atoms with Crippen LogP contribution >= 0.6 is 0 Å². The lowest BCUT2D eigenvalue weighted by atomic mass is 10.2. The molecule has 0 fully saturated rings. The number of sulfone groups is 1. The van der Waals surface area contributed by atoms with Crippen LogP contribution < -0.4 is 16.0 Å². The Kier molecular flexibility index (Phi) is 6.71. The van der Waals surface area contributed by atoms with Gasteiger partial charge in [-0.15, -0.1) is 0 Å². The largest absolute Gasteiger partial charge is 0.323 e. The predicted octanol–water partition coefficient (Wildman–Crippen LogP) is 4.77. The highest BCUT2D eigenvalue weighted by atomic mass is 32.2. The summed E-state index contributed by atoms with van der Waals surface area (Å²) in [5.74, 6) is -0.389. The van der Waals surface area contributed by atoms with Crippen LogP contribution in [0.1, 0.15) is 24.2 Å². The van der Waals surface area contributed by atoms with E-state index < -0.39 is 21.1 Å². The van der Waals surface area contributed by atoms with Gasteiger partial charge in [0, 0.05) is 22.6 Å². The minimum Gasteiger partial charge on any atom is -0.322 e. The number of nitrogens with one attached hydrogen (secondary N) is 3. The molecular weight excluding hydrogens is 414 g/mol. The second-order valence-corrected chi connectivity index (χ2v) is 9.60. The van der Waals surface area contributed by atoms with Gasteiger partial charge in [-0.1, -0.05) is 24.3 Å². The molecule has 0 spiro atoms. The van der Waals surface area contributed by atoms with E-state index in [-0.39, 0.29) is 10.8 Å². The molecule has 7 nitrogen and oxygen atoms in total. The summed E-state index contributed by atoms with van der Waals surface area (Å²) in [5, 5.41) is 7.63. The summed E-state index contributed by atoms with van der Waals surface area (Å²) < 4.78 is 24.4. The Morgan fingerprint density at radius 3 is 1.87 bits per heavy atom. The number of carbonyl (C=O) groups excluding carboxylic acids is 2. The third-order valence-electron chi connectivity index (χ3n) is 4.48. The third-order valence-corrected chi connectivity index (χ3v) is 6.65. The SMILES string of the molecule is CC(C)S(=O)(=O)c1ccc(C(=O)Nc2cccc(NC(=O)Nc3ccccc3)c2)cc1. The monoisotopic (exact) mass is 437 g/mol. The van der Waals surface area contributed by atoms with Gasteiger partial charge in [0.1, 0.15) is 0 Å². The maximum Gasteiger partial charge on any atom is 0.323 e. The lowest BCUT2D eigenvalue weighted by Crippen LogP contribution is -2.19. The fraction of sp³-hybridized carbons (Fsp3) is 0.130. The van der Waals surface area contributed by atoms with Gasteiger partial charge in [0.25, 0.3) is 5.91 Å². The van der Waals surface area contributed by atoms with Crippen LogP contribution in [0.2, 0.25) is 0 Å². The molecule has 3 rings (SSSR count).